The Morgan fingerprint density at radius 1 is 1.31 bits per heavy atom. The third-order valence-electron chi connectivity index (χ3n) is 5.18. The minimum Gasteiger partial charge on any atom is -0.352 e. The lowest BCUT2D eigenvalue weighted by Gasteiger charge is -2.37. The summed E-state index contributed by atoms with van der Waals surface area (Å²) in [5.74, 6) is 1.72. The van der Waals surface area contributed by atoms with E-state index < -0.39 is 0 Å². The molecule has 142 valence electrons. The fourth-order valence-corrected chi connectivity index (χ4v) is 3.78. The molecule has 0 aliphatic carbocycles. The van der Waals surface area contributed by atoms with E-state index in [1.165, 1.54) is 0 Å². The van der Waals surface area contributed by atoms with E-state index in [9.17, 15) is 9.59 Å². The van der Waals surface area contributed by atoms with Gasteiger partial charge >= 0.3 is 0 Å². The van der Waals surface area contributed by atoms with E-state index in [1.54, 1.807) is 0 Å². The van der Waals surface area contributed by atoms with Crippen molar-refractivity contribution >= 4 is 17.6 Å². The van der Waals surface area contributed by atoms with Crippen molar-refractivity contribution in [2.45, 2.75) is 70.9 Å². The summed E-state index contributed by atoms with van der Waals surface area (Å²) in [6.07, 6.45) is 6.14. The molecule has 1 aromatic heterocycles. The minimum absolute atomic E-state index is 0.0285. The molecule has 0 radical (unpaired) electrons. The smallest absolute Gasteiger partial charge is 0.242 e. The van der Waals surface area contributed by atoms with E-state index in [0.717, 1.165) is 62.4 Å². The number of carbonyl (C=O) groups excluding carboxylic acids is 2. The van der Waals surface area contributed by atoms with Crippen molar-refractivity contribution < 1.29 is 9.59 Å². The first kappa shape index (κ1) is 18.6. The van der Waals surface area contributed by atoms with Crippen LogP contribution in [0, 0.1) is 6.92 Å². The maximum absolute atomic E-state index is 12.4. The van der Waals surface area contributed by atoms with Gasteiger partial charge in [0.1, 0.15) is 17.7 Å². The Bertz CT molecular complexity index is 663. The summed E-state index contributed by atoms with van der Waals surface area (Å²) in [5.41, 5.74) is 0.977. The van der Waals surface area contributed by atoms with E-state index in [1.807, 2.05) is 13.0 Å². The predicted molar refractivity (Wildman–Crippen MR) is 99.9 cm³/mol. The number of anilines is 1. The van der Waals surface area contributed by atoms with Crippen LogP contribution in [0.4, 0.5) is 5.82 Å². The van der Waals surface area contributed by atoms with Crippen LogP contribution in [0.5, 0.6) is 0 Å². The highest BCUT2D eigenvalue weighted by Crippen LogP contribution is 2.23. The molecule has 2 amide bonds. The first-order valence-electron chi connectivity index (χ1n) is 9.75. The van der Waals surface area contributed by atoms with Gasteiger partial charge in [0.15, 0.2) is 0 Å². The summed E-state index contributed by atoms with van der Waals surface area (Å²) in [7, 11) is 0. The van der Waals surface area contributed by atoms with Crippen LogP contribution < -0.4 is 15.5 Å². The second kappa shape index (κ2) is 8.47. The zero-order chi connectivity index (χ0) is 18.5. The highest BCUT2D eigenvalue weighted by molar-refractivity contribution is 5.88. The summed E-state index contributed by atoms with van der Waals surface area (Å²) in [6.45, 7) is 5.58. The molecule has 0 unspecified atom stereocenters. The highest BCUT2D eigenvalue weighted by Gasteiger charge is 2.28. The average molecular weight is 359 g/mol. The number of piperidine rings is 2. The Morgan fingerprint density at radius 2 is 2.15 bits per heavy atom. The molecular weight excluding hydrogens is 330 g/mol. The Hall–Kier alpha value is -2.18. The fraction of sp³-hybridized carbons (Fsp3) is 0.684. The lowest BCUT2D eigenvalue weighted by Crippen LogP contribution is -2.53. The van der Waals surface area contributed by atoms with E-state index in [0.29, 0.717) is 13.0 Å². The van der Waals surface area contributed by atoms with E-state index in [-0.39, 0.29) is 23.9 Å². The van der Waals surface area contributed by atoms with E-state index in [2.05, 4.69) is 27.4 Å². The monoisotopic (exact) mass is 359 g/mol. The van der Waals surface area contributed by atoms with Gasteiger partial charge in [-0.1, -0.05) is 6.92 Å². The number of carbonyl (C=O) groups is 2. The molecule has 0 bridgehead atoms. The lowest BCUT2D eigenvalue weighted by atomic mass is 10.0. The number of aryl methyl sites for hydroxylation is 2. The van der Waals surface area contributed by atoms with Gasteiger partial charge in [0, 0.05) is 43.7 Å². The molecule has 7 heteroatoms. The van der Waals surface area contributed by atoms with Gasteiger partial charge < -0.3 is 15.5 Å². The summed E-state index contributed by atoms with van der Waals surface area (Å²) < 4.78 is 0. The lowest BCUT2D eigenvalue weighted by molar-refractivity contribution is -0.131. The normalized spacial score (nSPS) is 23.5. The van der Waals surface area contributed by atoms with Gasteiger partial charge in [-0.25, -0.2) is 9.97 Å². The van der Waals surface area contributed by atoms with Gasteiger partial charge in [-0.3, -0.25) is 9.59 Å². The number of rotatable bonds is 5. The van der Waals surface area contributed by atoms with Crippen molar-refractivity contribution in [1.29, 1.82) is 0 Å². The zero-order valence-corrected chi connectivity index (χ0v) is 15.8. The Kier molecular flexibility index (Phi) is 6.06. The molecular formula is C19H29N5O2. The van der Waals surface area contributed by atoms with Crippen molar-refractivity contribution in [3.05, 3.63) is 17.6 Å². The summed E-state index contributed by atoms with van der Waals surface area (Å²) in [4.78, 5) is 35.4. The van der Waals surface area contributed by atoms with Crippen molar-refractivity contribution in [3.63, 3.8) is 0 Å². The van der Waals surface area contributed by atoms with E-state index in [4.69, 9.17) is 4.98 Å². The largest absolute Gasteiger partial charge is 0.352 e. The maximum Gasteiger partial charge on any atom is 0.242 e. The van der Waals surface area contributed by atoms with Crippen LogP contribution in [0.1, 0.15) is 57.0 Å². The van der Waals surface area contributed by atoms with Gasteiger partial charge in [-0.15, -0.1) is 0 Å². The summed E-state index contributed by atoms with van der Waals surface area (Å²) >= 11 is 0. The molecule has 2 aliphatic heterocycles. The topological polar surface area (TPSA) is 87.2 Å². The Morgan fingerprint density at radius 3 is 2.92 bits per heavy atom. The molecule has 1 aromatic rings. The van der Waals surface area contributed by atoms with Crippen molar-refractivity contribution in [3.8, 4) is 0 Å². The number of amides is 2. The third-order valence-corrected chi connectivity index (χ3v) is 5.18. The molecule has 0 saturated carbocycles. The average Bonchev–Trinajstić information content (AvgIpc) is 2.65. The van der Waals surface area contributed by atoms with Crippen LogP contribution >= 0.6 is 0 Å². The fourth-order valence-electron chi connectivity index (χ4n) is 3.78. The number of hydrogen-bond donors (Lipinski definition) is 2. The zero-order valence-electron chi connectivity index (χ0n) is 15.8. The summed E-state index contributed by atoms with van der Waals surface area (Å²) in [5, 5.41) is 5.83. The molecule has 2 atom stereocenters. The molecule has 26 heavy (non-hydrogen) atoms. The van der Waals surface area contributed by atoms with Gasteiger partial charge in [0.2, 0.25) is 11.8 Å². The standard InChI is InChI=1S/C19H29N5O2/c1-3-16-21-13(2)11-17(23-16)24-10-5-4-7-14(24)12-20-19(26)15-8-6-9-18(25)22-15/h11,14-15H,3-10,12H2,1-2H3,(H,20,26)(H,22,25)/t14-,15-/m1/s1. The number of hydrogen-bond acceptors (Lipinski definition) is 5. The molecule has 3 heterocycles. The summed E-state index contributed by atoms with van der Waals surface area (Å²) in [6, 6.07) is 1.87. The minimum atomic E-state index is -0.388. The van der Waals surface area contributed by atoms with Crippen LogP contribution in [0.15, 0.2) is 6.07 Å². The Labute approximate surface area is 155 Å². The third kappa shape index (κ3) is 4.51. The molecule has 2 saturated heterocycles. The van der Waals surface area contributed by atoms with E-state index >= 15 is 0 Å². The van der Waals surface area contributed by atoms with Crippen LogP contribution in [-0.2, 0) is 16.0 Å². The predicted octanol–water partition coefficient (Wildman–Crippen LogP) is 1.49. The van der Waals surface area contributed by atoms with Crippen molar-refractivity contribution in [2.24, 2.45) is 0 Å². The quantitative estimate of drug-likeness (QED) is 0.832. The molecule has 2 fully saturated rings. The number of nitrogens with one attached hydrogen (secondary N) is 2. The molecule has 2 N–H and O–H groups in total. The number of nitrogens with zero attached hydrogens (tertiary/aromatic N) is 3. The van der Waals surface area contributed by atoms with Gasteiger partial charge in [0.05, 0.1) is 0 Å². The molecule has 7 nitrogen and oxygen atoms in total. The second-order valence-corrected chi connectivity index (χ2v) is 7.24. The van der Waals surface area contributed by atoms with Crippen molar-refractivity contribution in [1.82, 2.24) is 20.6 Å². The van der Waals surface area contributed by atoms with Gasteiger partial charge in [0.25, 0.3) is 0 Å². The van der Waals surface area contributed by atoms with Crippen LogP contribution in [0.3, 0.4) is 0 Å². The molecule has 0 spiro atoms. The second-order valence-electron chi connectivity index (χ2n) is 7.24. The van der Waals surface area contributed by atoms with Gasteiger partial charge in [-0.05, 0) is 39.0 Å². The molecule has 3 rings (SSSR count). The Balaban J connectivity index is 1.64. The highest BCUT2D eigenvalue weighted by atomic mass is 16.2. The first-order valence-corrected chi connectivity index (χ1v) is 9.75. The SMILES string of the molecule is CCc1nc(C)cc(N2CCCC[C@@H]2CNC(=O)[C@H]2CCCC(=O)N2)n1. The van der Waals surface area contributed by atoms with Crippen LogP contribution in [-0.4, -0.2) is 47.0 Å². The number of aromatic nitrogens is 2. The van der Waals surface area contributed by atoms with Crippen molar-refractivity contribution in [2.75, 3.05) is 18.0 Å². The molecule has 0 aromatic carbocycles. The van der Waals surface area contributed by atoms with Gasteiger partial charge in [-0.2, -0.15) is 0 Å². The van der Waals surface area contributed by atoms with Crippen LogP contribution in [0.2, 0.25) is 0 Å². The van der Waals surface area contributed by atoms with Crippen LogP contribution in [0.25, 0.3) is 0 Å². The first-order chi connectivity index (χ1) is 12.6. The maximum atomic E-state index is 12.4. The molecule has 2 aliphatic rings.